The van der Waals surface area contributed by atoms with E-state index in [1.807, 2.05) is 55.1 Å². The second-order valence-electron chi connectivity index (χ2n) is 10.6. The molecule has 6 nitrogen and oxygen atoms in total. The Bertz CT molecular complexity index is 1380. The van der Waals surface area contributed by atoms with Crippen molar-refractivity contribution in [2.45, 2.75) is 71.0 Å². The first-order valence-corrected chi connectivity index (χ1v) is 13.6. The first-order chi connectivity index (χ1) is 17.7. The molecule has 2 fully saturated rings. The average Bonchev–Trinajstić information content (AvgIpc) is 2.88. The van der Waals surface area contributed by atoms with Gasteiger partial charge in [-0.05, 0) is 74.9 Å². The minimum Gasteiger partial charge on any atom is -0.488 e. The number of hydrogen-bond acceptors (Lipinski definition) is 5. The largest absolute Gasteiger partial charge is 0.488 e. The Balaban J connectivity index is 1.29. The van der Waals surface area contributed by atoms with Gasteiger partial charge in [-0.15, -0.1) is 0 Å². The summed E-state index contributed by atoms with van der Waals surface area (Å²) in [6.07, 6.45) is 5.21. The highest BCUT2D eigenvalue weighted by atomic mass is 35.5. The zero-order valence-corrected chi connectivity index (χ0v) is 22.3. The number of piperidine rings is 1. The lowest BCUT2D eigenvalue weighted by atomic mass is 9.71. The molecular formula is C30H34ClNO5. The summed E-state index contributed by atoms with van der Waals surface area (Å²) in [4.78, 5) is 27.9. The molecule has 5 rings (SSSR count). The van der Waals surface area contributed by atoms with Crippen molar-refractivity contribution in [2.75, 3.05) is 13.1 Å². The van der Waals surface area contributed by atoms with E-state index in [4.69, 9.17) is 20.8 Å². The number of fused-ring (bicyclic) bond motifs is 2. The fraction of sp³-hybridized carbons (Fsp3) is 0.467. The van der Waals surface area contributed by atoms with Crippen LogP contribution in [0.2, 0.25) is 5.02 Å². The molecule has 1 N–H and O–H groups in total. The molecule has 1 saturated carbocycles. The second-order valence-corrected chi connectivity index (χ2v) is 11.0. The topological polar surface area (TPSA) is 80.0 Å². The zero-order valence-electron chi connectivity index (χ0n) is 21.5. The monoisotopic (exact) mass is 523 g/mol. The van der Waals surface area contributed by atoms with E-state index < -0.39 is 11.2 Å². The van der Waals surface area contributed by atoms with Gasteiger partial charge in [0, 0.05) is 47.0 Å². The van der Waals surface area contributed by atoms with Crippen molar-refractivity contribution in [3.8, 4) is 5.75 Å². The SMILES string of the molecule is Cc1c(CCC(=O)N2CC[C@]3(O)CCCC[C@@H]3C2)c(=O)oc2c(C)c(OCc3cccc(Cl)c3)ccc12. The summed E-state index contributed by atoms with van der Waals surface area (Å²) in [5, 5.41) is 12.4. The minimum atomic E-state index is -0.612. The molecule has 0 radical (unpaired) electrons. The number of halogens is 1. The number of aryl methyl sites for hydroxylation is 2. The van der Waals surface area contributed by atoms with E-state index in [1.54, 1.807) is 0 Å². The highest BCUT2D eigenvalue weighted by molar-refractivity contribution is 6.30. The van der Waals surface area contributed by atoms with Crippen LogP contribution in [0, 0.1) is 19.8 Å². The molecule has 2 heterocycles. The molecular weight excluding hydrogens is 490 g/mol. The molecule has 2 atom stereocenters. The van der Waals surface area contributed by atoms with Gasteiger partial charge in [0.2, 0.25) is 5.91 Å². The average molecular weight is 524 g/mol. The maximum Gasteiger partial charge on any atom is 0.339 e. The lowest BCUT2D eigenvalue weighted by molar-refractivity contribution is -0.143. The van der Waals surface area contributed by atoms with Gasteiger partial charge in [-0.2, -0.15) is 0 Å². The van der Waals surface area contributed by atoms with Crippen LogP contribution in [-0.4, -0.2) is 34.6 Å². The number of rotatable bonds is 6. The van der Waals surface area contributed by atoms with Gasteiger partial charge >= 0.3 is 5.63 Å². The fourth-order valence-electron chi connectivity index (χ4n) is 5.99. The van der Waals surface area contributed by atoms with Crippen LogP contribution in [0.15, 0.2) is 45.6 Å². The van der Waals surface area contributed by atoms with Crippen LogP contribution >= 0.6 is 11.6 Å². The predicted molar refractivity (Wildman–Crippen MR) is 144 cm³/mol. The third-order valence-corrected chi connectivity index (χ3v) is 8.54. The Labute approximate surface area is 222 Å². The Morgan fingerprint density at radius 3 is 2.84 bits per heavy atom. The number of carbonyl (C=O) groups excluding carboxylic acids is 1. The summed E-state index contributed by atoms with van der Waals surface area (Å²) in [5.41, 5.74) is 2.58. The Morgan fingerprint density at radius 1 is 1.19 bits per heavy atom. The molecule has 0 bridgehead atoms. The van der Waals surface area contributed by atoms with Crippen molar-refractivity contribution < 1.29 is 19.1 Å². The quantitative estimate of drug-likeness (QED) is 0.417. The lowest BCUT2D eigenvalue weighted by Gasteiger charge is -2.47. The van der Waals surface area contributed by atoms with E-state index >= 15 is 0 Å². The van der Waals surface area contributed by atoms with Crippen molar-refractivity contribution >= 4 is 28.5 Å². The number of carbonyl (C=O) groups is 1. The second kappa shape index (κ2) is 10.5. The van der Waals surface area contributed by atoms with Crippen LogP contribution in [0.25, 0.3) is 11.0 Å². The molecule has 2 aromatic carbocycles. The van der Waals surface area contributed by atoms with Crippen molar-refractivity contribution in [3.05, 3.63) is 74.1 Å². The Morgan fingerprint density at radius 2 is 2.03 bits per heavy atom. The Kier molecular flexibility index (Phi) is 7.32. The number of ether oxygens (including phenoxy) is 1. The van der Waals surface area contributed by atoms with E-state index in [-0.39, 0.29) is 18.2 Å². The summed E-state index contributed by atoms with van der Waals surface area (Å²) in [5.74, 6) is 0.836. The predicted octanol–water partition coefficient (Wildman–Crippen LogP) is 5.73. The van der Waals surface area contributed by atoms with E-state index in [2.05, 4.69) is 0 Å². The van der Waals surface area contributed by atoms with Gasteiger partial charge in [-0.3, -0.25) is 4.79 Å². The number of likely N-dealkylation sites (tertiary alicyclic amines) is 1. The van der Waals surface area contributed by atoms with Crippen LogP contribution in [0.4, 0.5) is 0 Å². The standard InChI is InChI=1S/C30H34ClNO5/c1-19-24-9-11-26(36-18-21-6-5-8-23(31)16-21)20(2)28(24)37-29(34)25(19)10-12-27(33)32-15-14-30(35)13-4-3-7-22(30)17-32/h5-6,8-9,11,16,22,35H,3-4,7,10,12-15,17-18H2,1-2H3/t22-,30-/m1/s1. The normalized spacial score (nSPS) is 21.6. The van der Waals surface area contributed by atoms with Gasteiger partial charge in [-0.25, -0.2) is 4.79 Å². The summed E-state index contributed by atoms with van der Waals surface area (Å²) < 4.78 is 11.8. The van der Waals surface area contributed by atoms with Gasteiger partial charge < -0.3 is 19.2 Å². The molecule has 1 aliphatic carbocycles. The third-order valence-electron chi connectivity index (χ3n) is 8.31. The molecule has 1 amide bonds. The maximum absolute atomic E-state index is 13.0. The molecule has 1 aromatic heterocycles. The summed E-state index contributed by atoms with van der Waals surface area (Å²) >= 11 is 6.07. The minimum absolute atomic E-state index is 0.0347. The first-order valence-electron chi connectivity index (χ1n) is 13.2. The van der Waals surface area contributed by atoms with Gasteiger partial charge in [0.05, 0.1) is 5.60 Å². The number of amides is 1. The van der Waals surface area contributed by atoms with Crippen molar-refractivity contribution in [1.29, 1.82) is 0 Å². The number of hydrogen-bond donors (Lipinski definition) is 1. The van der Waals surface area contributed by atoms with Gasteiger partial charge in [0.15, 0.2) is 0 Å². The molecule has 196 valence electrons. The number of benzene rings is 2. The van der Waals surface area contributed by atoms with Gasteiger partial charge in [0.1, 0.15) is 17.9 Å². The highest BCUT2D eigenvalue weighted by Gasteiger charge is 2.43. The van der Waals surface area contributed by atoms with Crippen LogP contribution in [0.1, 0.15) is 60.8 Å². The molecule has 1 aliphatic heterocycles. The summed E-state index contributed by atoms with van der Waals surface area (Å²) in [6.45, 7) is 5.33. The number of aliphatic hydroxyl groups is 1. The Hall–Kier alpha value is -2.83. The van der Waals surface area contributed by atoms with E-state index in [9.17, 15) is 14.7 Å². The lowest BCUT2D eigenvalue weighted by Crippen LogP contribution is -2.54. The van der Waals surface area contributed by atoms with Crippen molar-refractivity contribution in [1.82, 2.24) is 4.90 Å². The van der Waals surface area contributed by atoms with Crippen LogP contribution in [-0.2, 0) is 17.8 Å². The van der Waals surface area contributed by atoms with Crippen LogP contribution < -0.4 is 10.4 Å². The summed E-state index contributed by atoms with van der Waals surface area (Å²) in [6, 6.07) is 11.3. The fourth-order valence-corrected chi connectivity index (χ4v) is 6.20. The molecule has 2 aliphatic rings. The van der Waals surface area contributed by atoms with Crippen LogP contribution in [0.5, 0.6) is 5.75 Å². The molecule has 7 heteroatoms. The van der Waals surface area contributed by atoms with Gasteiger partial charge in [-0.1, -0.05) is 36.6 Å². The van der Waals surface area contributed by atoms with E-state index in [0.29, 0.717) is 54.5 Å². The number of nitrogens with zero attached hydrogens (tertiary/aromatic N) is 1. The molecule has 3 aromatic rings. The molecule has 37 heavy (non-hydrogen) atoms. The highest BCUT2D eigenvalue weighted by Crippen LogP contribution is 2.40. The maximum atomic E-state index is 13.0. The third kappa shape index (κ3) is 5.27. The smallest absolute Gasteiger partial charge is 0.339 e. The molecule has 1 saturated heterocycles. The van der Waals surface area contributed by atoms with Crippen molar-refractivity contribution in [2.24, 2.45) is 5.92 Å². The molecule has 0 spiro atoms. The first kappa shape index (κ1) is 25.8. The zero-order chi connectivity index (χ0) is 26.2. The molecule has 0 unspecified atom stereocenters. The van der Waals surface area contributed by atoms with E-state index in [1.165, 1.54) is 0 Å². The van der Waals surface area contributed by atoms with Crippen LogP contribution in [0.3, 0.4) is 0 Å². The van der Waals surface area contributed by atoms with E-state index in [0.717, 1.165) is 47.8 Å². The van der Waals surface area contributed by atoms with Gasteiger partial charge in [0.25, 0.3) is 0 Å². The summed E-state index contributed by atoms with van der Waals surface area (Å²) in [7, 11) is 0. The van der Waals surface area contributed by atoms with Crippen molar-refractivity contribution in [3.63, 3.8) is 0 Å².